The molecule has 0 saturated carbocycles. The van der Waals surface area contributed by atoms with Crippen molar-refractivity contribution >= 4 is 25.7 Å². The number of hydrogen-bond donors (Lipinski definition) is 3. The third-order valence-corrected chi connectivity index (χ3v) is 11.9. The van der Waals surface area contributed by atoms with E-state index in [0.717, 1.165) is 44.9 Å². The number of carboxylic acids is 1. The second-order valence-corrected chi connectivity index (χ2v) is 18.1. The molecule has 0 amide bonds. The van der Waals surface area contributed by atoms with Gasteiger partial charge < -0.3 is 25.2 Å². The number of carboxylic acid groups (broad SMARTS) is 1. The normalized spacial score (nSPS) is 13.5. The van der Waals surface area contributed by atoms with Crippen molar-refractivity contribution in [2.75, 3.05) is 19.8 Å². The fraction of sp³-hybridized carbons (Fsp3) is 0.894. The highest BCUT2D eigenvalue weighted by atomic mass is 31.2. The number of allylic oxidation sites excluding steroid dienone is 1. The SMILES string of the molecule is C=CCCCCCCCCCCCCCCCC(=O)OC[C@H](COP(=O)(O)OC[C@H](N)C(=O)O)OC(=O)CCCCCCCCCCCCCCCCCCCCCC. The quantitative estimate of drug-likeness (QED) is 0.0230. The first-order chi connectivity index (χ1) is 28.6. The first-order valence-corrected chi connectivity index (χ1v) is 25.7. The highest BCUT2D eigenvalue weighted by Gasteiger charge is 2.28. The lowest BCUT2D eigenvalue weighted by Crippen LogP contribution is -2.34. The maximum absolute atomic E-state index is 12.7. The number of aliphatic carboxylic acids is 1. The Kier molecular flexibility index (Phi) is 41.6. The minimum absolute atomic E-state index is 0.167. The Hall–Kier alpha value is -1.78. The molecule has 1 unspecified atom stereocenters. The van der Waals surface area contributed by atoms with E-state index < -0.39 is 51.1 Å². The Balaban J connectivity index is 4.22. The van der Waals surface area contributed by atoms with Crippen LogP contribution in [0.5, 0.6) is 0 Å². The van der Waals surface area contributed by atoms with Crippen LogP contribution in [-0.4, -0.2) is 59.9 Å². The van der Waals surface area contributed by atoms with Gasteiger partial charge in [-0.1, -0.05) is 206 Å². The number of hydrogen-bond acceptors (Lipinski definition) is 9. The Morgan fingerprint density at radius 3 is 1.25 bits per heavy atom. The summed E-state index contributed by atoms with van der Waals surface area (Å²) in [7, 11) is -4.71. The Morgan fingerprint density at radius 1 is 0.542 bits per heavy atom. The molecule has 0 fully saturated rings. The molecule has 0 heterocycles. The molecule has 0 spiro atoms. The average molecular weight is 860 g/mol. The van der Waals surface area contributed by atoms with Gasteiger partial charge in [0, 0.05) is 12.8 Å². The van der Waals surface area contributed by atoms with E-state index in [1.54, 1.807) is 0 Å². The van der Waals surface area contributed by atoms with Crippen molar-refractivity contribution in [3.05, 3.63) is 12.7 Å². The number of carbonyl (C=O) groups excluding carboxylic acids is 2. The van der Waals surface area contributed by atoms with E-state index in [1.807, 2.05) is 6.08 Å². The number of ether oxygens (including phenoxy) is 2. The van der Waals surface area contributed by atoms with Crippen molar-refractivity contribution in [2.45, 2.75) is 250 Å². The van der Waals surface area contributed by atoms with Gasteiger partial charge in [-0.3, -0.25) is 23.4 Å². The zero-order valence-corrected chi connectivity index (χ0v) is 38.6. The minimum atomic E-state index is -4.71. The van der Waals surface area contributed by atoms with E-state index >= 15 is 0 Å². The van der Waals surface area contributed by atoms with Gasteiger partial charge in [0.1, 0.15) is 12.6 Å². The summed E-state index contributed by atoms with van der Waals surface area (Å²) in [5.74, 6) is -2.36. The predicted octanol–water partition coefficient (Wildman–Crippen LogP) is 13.2. The van der Waals surface area contributed by atoms with Gasteiger partial charge >= 0.3 is 25.7 Å². The standard InChI is InChI=1S/C47H90NO10P/c1-3-5-7-9-11-13-15-17-19-20-21-22-23-25-27-29-31-33-35-37-39-46(50)58-43(41-56-59(53,54)57-42-44(48)47(51)52)40-55-45(49)38-36-34-32-30-28-26-24-18-16-14-12-10-8-6-4-2/h4,43-44H,2-3,5-42,48H2,1H3,(H,51,52)(H,53,54)/t43-,44+/m1/s1. The summed E-state index contributed by atoms with van der Waals surface area (Å²) in [5.41, 5.74) is 5.34. The molecule has 0 bridgehead atoms. The third-order valence-electron chi connectivity index (χ3n) is 10.9. The Bertz CT molecular complexity index is 1040. The lowest BCUT2D eigenvalue weighted by atomic mass is 10.0. The molecular formula is C47H90NO10P. The van der Waals surface area contributed by atoms with Gasteiger partial charge in [-0.2, -0.15) is 0 Å². The van der Waals surface area contributed by atoms with E-state index in [1.165, 1.54) is 161 Å². The topological polar surface area (TPSA) is 172 Å². The summed E-state index contributed by atoms with van der Waals surface area (Å²) in [6, 6.07) is -1.52. The van der Waals surface area contributed by atoms with E-state index in [0.29, 0.717) is 12.8 Å². The third kappa shape index (κ3) is 42.7. The summed E-state index contributed by atoms with van der Waals surface area (Å²) < 4.78 is 32.8. The fourth-order valence-corrected chi connectivity index (χ4v) is 7.88. The van der Waals surface area contributed by atoms with Gasteiger partial charge in [0.2, 0.25) is 0 Å². The monoisotopic (exact) mass is 860 g/mol. The highest BCUT2D eigenvalue weighted by Crippen LogP contribution is 2.43. The average Bonchev–Trinajstić information content (AvgIpc) is 3.21. The van der Waals surface area contributed by atoms with Crippen LogP contribution >= 0.6 is 7.82 Å². The van der Waals surface area contributed by atoms with Crippen LogP contribution in [-0.2, 0) is 37.5 Å². The van der Waals surface area contributed by atoms with Crippen molar-refractivity contribution in [1.82, 2.24) is 0 Å². The van der Waals surface area contributed by atoms with Gasteiger partial charge in [-0.05, 0) is 25.7 Å². The molecule has 12 heteroatoms. The maximum Gasteiger partial charge on any atom is 0.472 e. The molecule has 0 saturated heterocycles. The minimum Gasteiger partial charge on any atom is -0.480 e. The molecule has 0 aromatic carbocycles. The van der Waals surface area contributed by atoms with Gasteiger partial charge in [0.25, 0.3) is 0 Å². The molecule has 0 aliphatic heterocycles. The van der Waals surface area contributed by atoms with Crippen LogP contribution in [0, 0.1) is 0 Å². The van der Waals surface area contributed by atoms with Gasteiger partial charge in [-0.15, -0.1) is 6.58 Å². The zero-order chi connectivity index (χ0) is 43.5. The van der Waals surface area contributed by atoms with Crippen molar-refractivity contribution in [3.8, 4) is 0 Å². The van der Waals surface area contributed by atoms with Crippen LogP contribution in [0.4, 0.5) is 0 Å². The van der Waals surface area contributed by atoms with E-state index in [9.17, 15) is 23.8 Å². The van der Waals surface area contributed by atoms with Gasteiger partial charge in [0.15, 0.2) is 6.10 Å². The van der Waals surface area contributed by atoms with Crippen molar-refractivity contribution < 1.29 is 47.5 Å². The van der Waals surface area contributed by atoms with E-state index in [2.05, 4.69) is 18.0 Å². The number of nitrogens with two attached hydrogens (primary N) is 1. The smallest absolute Gasteiger partial charge is 0.472 e. The van der Waals surface area contributed by atoms with E-state index in [-0.39, 0.29) is 19.4 Å². The Morgan fingerprint density at radius 2 is 0.881 bits per heavy atom. The zero-order valence-electron chi connectivity index (χ0n) is 37.7. The predicted molar refractivity (Wildman–Crippen MR) is 240 cm³/mol. The number of rotatable bonds is 47. The summed E-state index contributed by atoms with van der Waals surface area (Å²) in [6.45, 7) is 4.37. The largest absolute Gasteiger partial charge is 0.480 e. The molecule has 0 rings (SSSR count). The summed E-state index contributed by atoms with van der Waals surface area (Å²) in [5, 5.41) is 8.90. The van der Waals surface area contributed by atoms with Gasteiger partial charge in [0.05, 0.1) is 13.2 Å². The van der Waals surface area contributed by atoms with Gasteiger partial charge in [-0.25, -0.2) is 4.57 Å². The van der Waals surface area contributed by atoms with E-state index in [4.69, 9.17) is 24.8 Å². The van der Waals surface area contributed by atoms with Crippen LogP contribution in [0.3, 0.4) is 0 Å². The summed E-state index contributed by atoms with van der Waals surface area (Å²) in [6.07, 6.45) is 43.1. The summed E-state index contributed by atoms with van der Waals surface area (Å²) >= 11 is 0. The van der Waals surface area contributed by atoms with Crippen LogP contribution in [0.1, 0.15) is 238 Å². The van der Waals surface area contributed by atoms with Crippen LogP contribution in [0.15, 0.2) is 12.7 Å². The lowest BCUT2D eigenvalue weighted by molar-refractivity contribution is -0.161. The first kappa shape index (κ1) is 57.2. The molecule has 11 nitrogen and oxygen atoms in total. The van der Waals surface area contributed by atoms with Crippen molar-refractivity contribution in [2.24, 2.45) is 5.73 Å². The number of phosphoric ester groups is 1. The number of phosphoric acid groups is 1. The number of esters is 2. The molecule has 348 valence electrons. The highest BCUT2D eigenvalue weighted by molar-refractivity contribution is 7.47. The molecule has 0 aromatic rings. The molecule has 3 atom stereocenters. The lowest BCUT2D eigenvalue weighted by Gasteiger charge is -2.20. The second-order valence-electron chi connectivity index (χ2n) is 16.7. The molecule has 0 aliphatic rings. The maximum atomic E-state index is 12.7. The summed E-state index contributed by atoms with van der Waals surface area (Å²) in [4.78, 5) is 46.1. The molecule has 4 N–H and O–H groups in total. The molecule has 59 heavy (non-hydrogen) atoms. The Labute approximate surface area is 360 Å². The first-order valence-electron chi connectivity index (χ1n) is 24.2. The fourth-order valence-electron chi connectivity index (χ4n) is 7.11. The molecular weight excluding hydrogens is 769 g/mol. The van der Waals surface area contributed by atoms with Crippen molar-refractivity contribution in [1.29, 1.82) is 0 Å². The second kappa shape index (κ2) is 42.9. The number of carbonyl (C=O) groups is 3. The van der Waals surface area contributed by atoms with Crippen LogP contribution in [0.25, 0.3) is 0 Å². The van der Waals surface area contributed by atoms with Crippen LogP contribution in [0.2, 0.25) is 0 Å². The molecule has 0 radical (unpaired) electrons. The van der Waals surface area contributed by atoms with Crippen LogP contribution < -0.4 is 5.73 Å². The molecule has 0 aromatic heterocycles. The molecule has 0 aliphatic carbocycles. The van der Waals surface area contributed by atoms with Crippen molar-refractivity contribution in [3.63, 3.8) is 0 Å². The number of unbranched alkanes of at least 4 members (excludes halogenated alkanes) is 32.